The number of carbonyl (C=O) groups excluding carboxylic acids is 1. The van der Waals surface area contributed by atoms with Crippen LogP contribution in [0.2, 0.25) is 0 Å². The van der Waals surface area contributed by atoms with Gasteiger partial charge in [-0.1, -0.05) is 36.4 Å². The van der Waals surface area contributed by atoms with E-state index in [1.54, 1.807) is 31.0 Å². The SMILES string of the molecule is CNCCN(C)C(=O)c1ccc(C)c(S(=O)(=O)NCc2ccccc2)c1. The Hall–Kier alpha value is -2.22. The van der Waals surface area contributed by atoms with Crippen molar-refractivity contribution in [3.05, 3.63) is 65.2 Å². The van der Waals surface area contributed by atoms with E-state index in [0.29, 0.717) is 24.2 Å². The summed E-state index contributed by atoms with van der Waals surface area (Å²) in [5.74, 6) is -0.209. The van der Waals surface area contributed by atoms with Gasteiger partial charge in [0.1, 0.15) is 0 Å². The predicted octanol–water partition coefficient (Wildman–Crippen LogP) is 1.76. The highest BCUT2D eigenvalue weighted by atomic mass is 32.2. The molecule has 0 aliphatic heterocycles. The summed E-state index contributed by atoms with van der Waals surface area (Å²) in [6, 6.07) is 14.1. The second-order valence-electron chi connectivity index (χ2n) is 6.12. The molecule has 6 nitrogen and oxygen atoms in total. The summed E-state index contributed by atoms with van der Waals surface area (Å²) in [5.41, 5.74) is 1.82. The van der Waals surface area contributed by atoms with Crippen molar-refractivity contribution in [3.8, 4) is 0 Å². The van der Waals surface area contributed by atoms with Gasteiger partial charge in [0.15, 0.2) is 0 Å². The maximum atomic E-state index is 12.7. The number of carbonyl (C=O) groups is 1. The minimum Gasteiger partial charge on any atom is -0.340 e. The van der Waals surface area contributed by atoms with Gasteiger partial charge in [0.25, 0.3) is 5.91 Å². The van der Waals surface area contributed by atoms with Crippen LogP contribution >= 0.6 is 0 Å². The molecule has 0 spiro atoms. The Morgan fingerprint density at radius 2 is 1.81 bits per heavy atom. The molecule has 0 fully saturated rings. The Bertz CT molecular complexity index is 852. The summed E-state index contributed by atoms with van der Waals surface area (Å²) in [5, 5.41) is 2.98. The van der Waals surface area contributed by atoms with Crippen LogP contribution in [0, 0.1) is 6.92 Å². The Kier molecular flexibility index (Phi) is 6.90. The topological polar surface area (TPSA) is 78.5 Å². The van der Waals surface area contributed by atoms with Crippen LogP contribution in [0.15, 0.2) is 53.4 Å². The quantitative estimate of drug-likeness (QED) is 0.737. The number of benzene rings is 2. The van der Waals surface area contributed by atoms with Gasteiger partial charge in [-0.15, -0.1) is 0 Å². The van der Waals surface area contributed by atoms with Gasteiger partial charge in [0.05, 0.1) is 4.90 Å². The van der Waals surface area contributed by atoms with Gasteiger partial charge < -0.3 is 10.2 Å². The van der Waals surface area contributed by atoms with Gasteiger partial charge in [0.2, 0.25) is 10.0 Å². The Morgan fingerprint density at radius 3 is 2.46 bits per heavy atom. The molecule has 2 aromatic rings. The molecule has 0 aliphatic carbocycles. The van der Waals surface area contributed by atoms with Gasteiger partial charge in [0, 0.05) is 32.2 Å². The van der Waals surface area contributed by atoms with Crippen molar-refractivity contribution in [1.82, 2.24) is 14.9 Å². The normalized spacial score (nSPS) is 11.3. The van der Waals surface area contributed by atoms with Crippen molar-refractivity contribution in [2.45, 2.75) is 18.4 Å². The van der Waals surface area contributed by atoms with E-state index < -0.39 is 10.0 Å². The number of hydrogen-bond acceptors (Lipinski definition) is 4. The lowest BCUT2D eigenvalue weighted by Gasteiger charge is -2.18. The number of nitrogens with zero attached hydrogens (tertiary/aromatic N) is 1. The van der Waals surface area contributed by atoms with E-state index in [9.17, 15) is 13.2 Å². The molecule has 0 saturated heterocycles. The van der Waals surface area contributed by atoms with Gasteiger partial charge >= 0.3 is 0 Å². The lowest BCUT2D eigenvalue weighted by molar-refractivity contribution is 0.0796. The molecule has 26 heavy (non-hydrogen) atoms. The minimum absolute atomic E-state index is 0.126. The number of hydrogen-bond donors (Lipinski definition) is 2. The molecule has 0 saturated carbocycles. The van der Waals surface area contributed by atoms with E-state index in [4.69, 9.17) is 0 Å². The summed E-state index contributed by atoms with van der Waals surface area (Å²) in [4.78, 5) is 14.2. The third-order valence-electron chi connectivity index (χ3n) is 4.08. The molecule has 0 atom stereocenters. The zero-order valence-corrected chi connectivity index (χ0v) is 16.1. The van der Waals surface area contributed by atoms with Crippen LogP contribution in [-0.2, 0) is 16.6 Å². The summed E-state index contributed by atoms with van der Waals surface area (Å²) in [6.07, 6.45) is 0. The molecule has 0 bridgehead atoms. The summed E-state index contributed by atoms with van der Waals surface area (Å²) < 4.78 is 28.0. The molecule has 140 valence electrons. The highest BCUT2D eigenvalue weighted by Crippen LogP contribution is 2.18. The highest BCUT2D eigenvalue weighted by Gasteiger charge is 2.20. The Balaban J connectivity index is 2.21. The first-order chi connectivity index (χ1) is 12.3. The summed E-state index contributed by atoms with van der Waals surface area (Å²) in [6.45, 7) is 3.12. The molecule has 2 rings (SSSR count). The summed E-state index contributed by atoms with van der Waals surface area (Å²) >= 11 is 0. The van der Waals surface area contributed by atoms with Crippen LogP contribution in [0.3, 0.4) is 0 Å². The fourth-order valence-electron chi connectivity index (χ4n) is 2.48. The minimum atomic E-state index is -3.72. The molecule has 1 amide bonds. The fraction of sp³-hybridized carbons (Fsp3) is 0.316. The molecule has 0 aliphatic rings. The average Bonchev–Trinajstić information content (AvgIpc) is 2.65. The molecule has 0 aromatic heterocycles. The van der Waals surface area contributed by atoms with E-state index >= 15 is 0 Å². The molecular weight excluding hydrogens is 350 g/mol. The lowest BCUT2D eigenvalue weighted by Crippen LogP contribution is -2.33. The van der Waals surface area contributed by atoms with E-state index in [0.717, 1.165) is 5.56 Å². The van der Waals surface area contributed by atoms with E-state index in [1.165, 1.54) is 6.07 Å². The van der Waals surface area contributed by atoms with E-state index in [2.05, 4.69) is 10.0 Å². The molecular formula is C19H25N3O3S. The van der Waals surface area contributed by atoms with Crippen LogP contribution in [0.4, 0.5) is 0 Å². The third kappa shape index (κ3) is 5.14. The predicted molar refractivity (Wildman–Crippen MR) is 103 cm³/mol. The maximum absolute atomic E-state index is 12.7. The standard InChI is InChI=1S/C19H25N3O3S/c1-15-9-10-17(19(23)22(3)12-11-20-2)13-18(15)26(24,25)21-14-16-7-5-4-6-8-16/h4-10,13,20-21H,11-12,14H2,1-3H3. The smallest absolute Gasteiger partial charge is 0.253 e. The lowest BCUT2D eigenvalue weighted by atomic mass is 10.1. The number of likely N-dealkylation sites (N-methyl/N-ethyl adjacent to an activating group) is 2. The fourth-order valence-corrected chi connectivity index (χ4v) is 3.76. The molecule has 2 N–H and O–H groups in total. The van der Waals surface area contributed by atoms with Gasteiger partial charge in [-0.2, -0.15) is 0 Å². The number of rotatable bonds is 8. The maximum Gasteiger partial charge on any atom is 0.253 e. The summed E-state index contributed by atoms with van der Waals surface area (Å²) in [7, 11) is -0.212. The first-order valence-corrected chi connectivity index (χ1v) is 9.88. The number of aryl methyl sites for hydroxylation is 1. The third-order valence-corrected chi connectivity index (χ3v) is 5.62. The first-order valence-electron chi connectivity index (χ1n) is 8.39. The van der Waals surface area contributed by atoms with Gasteiger partial charge in [-0.05, 0) is 37.2 Å². The molecule has 2 aromatic carbocycles. The van der Waals surface area contributed by atoms with Crippen molar-refractivity contribution in [3.63, 3.8) is 0 Å². The van der Waals surface area contributed by atoms with Crippen molar-refractivity contribution in [1.29, 1.82) is 0 Å². The second kappa shape index (κ2) is 8.93. The number of nitrogens with one attached hydrogen (secondary N) is 2. The Labute approximate surface area is 155 Å². The van der Waals surface area contributed by atoms with Crippen LogP contribution in [0.5, 0.6) is 0 Å². The number of sulfonamides is 1. The van der Waals surface area contributed by atoms with Crippen LogP contribution < -0.4 is 10.0 Å². The van der Waals surface area contributed by atoms with Crippen LogP contribution in [-0.4, -0.2) is 46.4 Å². The van der Waals surface area contributed by atoms with Crippen molar-refractivity contribution in [2.24, 2.45) is 0 Å². The highest BCUT2D eigenvalue weighted by molar-refractivity contribution is 7.89. The molecule has 0 radical (unpaired) electrons. The molecule has 7 heteroatoms. The second-order valence-corrected chi connectivity index (χ2v) is 7.86. The average molecular weight is 375 g/mol. The van der Waals surface area contributed by atoms with Crippen molar-refractivity contribution in [2.75, 3.05) is 27.2 Å². The van der Waals surface area contributed by atoms with Gasteiger partial charge in [-0.3, -0.25) is 4.79 Å². The van der Waals surface area contributed by atoms with Crippen LogP contribution in [0.1, 0.15) is 21.5 Å². The molecule has 0 unspecified atom stereocenters. The van der Waals surface area contributed by atoms with Gasteiger partial charge in [-0.25, -0.2) is 13.1 Å². The van der Waals surface area contributed by atoms with E-state index in [-0.39, 0.29) is 17.3 Å². The zero-order chi connectivity index (χ0) is 19.2. The van der Waals surface area contributed by atoms with E-state index in [1.807, 2.05) is 37.4 Å². The monoisotopic (exact) mass is 375 g/mol. The number of amides is 1. The molecule has 0 heterocycles. The van der Waals surface area contributed by atoms with Crippen LogP contribution in [0.25, 0.3) is 0 Å². The zero-order valence-electron chi connectivity index (χ0n) is 15.3. The first kappa shape index (κ1) is 20.1. The van der Waals surface area contributed by atoms with Crippen molar-refractivity contribution >= 4 is 15.9 Å². The Morgan fingerprint density at radius 1 is 1.12 bits per heavy atom. The largest absolute Gasteiger partial charge is 0.340 e. The van der Waals surface area contributed by atoms with Crippen molar-refractivity contribution < 1.29 is 13.2 Å².